The Morgan fingerprint density at radius 3 is 2.86 bits per heavy atom. The third kappa shape index (κ3) is 4.16. The van der Waals surface area contributed by atoms with Gasteiger partial charge in [0, 0.05) is 17.3 Å². The molecule has 1 heterocycles. The average Bonchev–Trinajstić information content (AvgIpc) is 3.03. The van der Waals surface area contributed by atoms with Crippen molar-refractivity contribution in [1.29, 1.82) is 0 Å². The number of sulfonamides is 1. The molecule has 0 spiro atoms. The van der Waals surface area contributed by atoms with Crippen molar-refractivity contribution in [2.45, 2.75) is 31.7 Å². The van der Waals surface area contributed by atoms with Gasteiger partial charge < -0.3 is 5.32 Å². The molecule has 2 N–H and O–H groups in total. The van der Waals surface area contributed by atoms with Gasteiger partial charge in [-0.2, -0.15) is 0 Å². The molecule has 6 nitrogen and oxygen atoms in total. The van der Waals surface area contributed by atoms with Gasteiger partial charge in [0.1, 0.15) is 5.82 Å². The lowest BCUT2D eigenvalue weighted by Crippen LogP contribution is -2.40. The molecule has 148 valence electrons. The molecule has 0 aliphatic heterocycles. The summed E-state index contributed by atoms with van der Waals surface area (Å²) in [6.45, 7) is 0. The summed E-state index contributed by atoms with van der Waals surface area (Å²) >= 11 is 1.36. The van der Waals surface area contributed by atoms with E-state index >= 15 is 0 Å². The Labute approximate surface area is 166 Å². The van der Waals surface area contributed by atoms with Crippen LogP contribution in [0.4, 0.5) is 9.52 Å². The Morgan fingerprint density at radius 2 is 2.07 bits per heavy atom. The normalized spacial score (nSPS) is 20.5. The summed E-state index contributed by atoms with van der Waals surface area (Å²) in [7, 11) is -3.29. The van der Waals surface area contributed by atoms with Gasteiger partial charge >= 0.3 is 0 Å². The first-order valence-corrected chi connectivity index (χ1v) is 11.8. The van der Waals surface area contributed by atoms with E-state index in [0.717, 1.165) is 46.5 Å². The molecule has 28 heavy (non-hydrogen) atoms. The highest BCUT2D eigenvalue weighted by molar-refractivity contribution is 7.88. The molecular formula is C19H20FN3O3S2. The molecular weight excluding hydrogens is 401 g/mol. The number of halogens is 1. The van der Waals surface area contributed by atoms with Crippen LogP contribution in [-0.2, 0) is 14.8 Å². The minimum absolute atomic E-state index is 0.144. The van der Waals surface area contributed by atoms with E-state index in [1.165, 1.54) is 23.5 Å². The second-order valence-electron chi connectivity index (χ2n) is 7.24. The Morgan fingerprint density at radius 1 is 1.25 bits per heavy atom. The molecule has 1 saturated carbocycles. The summed E-state index contributed by atoms with van der Waals surface area (Å²) < 4.78 is 39.8. The van der Waals surface area contributed by atoms with Gasteiger partial charge in [-0.05, 0) is 48.9 Å². The number of thiazole rings is 1. The van der Waals surface area contributed by atoms with Crippen LogP contribution in [0.1, 0.15) is 25.7 Å². The molecule has 1 fully saturated rings. The second kappa shape index (κ2) is 7.38. The molecule has 0 radical (unpaired) electrons. The number of carbonyl (C=O) groups is 1. The number of fused-ring (bicyclic) bond motifs is 3. The summed E-state index contributed by atoms with van der Waals surface area (Å²) in [6, 6.07) is 8.03. The van der Waals surface area contributed by atoms with Gasteiger partial charge in [-0.15, -0.1) is 0 Å². The number of aromatic nitrogens is 1. The number of benzene rings is 2. The maximum atomic E-state index is 13.4. The molecule has 1 aliphatic carbocycles. The van der Waals surface area contributed by atoms with E-state index in [-0.39, 0.29) is 23.7 Å². The molecule has 2 aromatic carbocycles. The van der Waals surface area contributed by atoms with E-state index in [1.54, 1.807) is 6.07 Å². The van der Waals surface area contributed by atoms with Crippen molar-refractivity contribution in [1.82, 2.24) is 9.71 Å². The lowest BCUT2D eigenvalue weighted by atomic mass is 9.85. The maximum absolute atomic E-state index is 13.4. The number of carbonyl (C=O) groups excluding carboxylic acids is 1. The van der Waals surface area contributed by atoms with Crippen LogP contribution in [0, 0.1) is 11.7 Å². The van der Waals surface area contributed by atoms with E-state index < -0.39 is 10.0 Å². The minimum atomic E-state index is -3.29. The maximum Gasteiger partial charge on any atom is 0.229 e. The van der Waals surface area contributed by atoms with Crippen molar-refractivity contribution in [2.75, 3.05) is 11.6 Å². The summed E-state index contributed by atoms with van der Waals surface area (Å²) in [6.07, 6.45) is 3.86. The lowest BCUT2D eigenvalue weighted by molar-refractivity contribution is -0.120. The fourth-order valence-electron chi connectivity index (χ4n) is 3.78. The summed E-state index contributed by atoms with van der Waals surface area (Å²) in [4.78, 5) is 17.2. The minimum Gasteiger partial charge on any atom is -0.302 e. The fraction of sp³-hybridized carbons (Fsp3) is 0.368. The van der Waals surface area contributed by atoms with Gasteiger partial charge in [-0.1, -0.05) is 23.8 Å². The molecule has 2 atom stereocenters. The van der Waals surface area contributed by atoms with Gasteiger partial charge in [0.25, 0.3) is 0 Å². The van der Waals surface area contributed by atoms with Gasteiger partial charge in [-0.25, -0.2) is 22.5 Å². The van der Waals surface area contributed by atoms with Gasteiger partial charge in [0.05, 0.1) is 16.5 Å². The summed E-state index contributed by atoms with van der Waals surface area (Å²) in [5.41, 5.74) is 0.750. The molecule has 1 aromatic heterocycles. The molecule has 3 aromatic rings. The highest BCUT2D eigenvalue weighted by Gasteiger charge is 2.29. The Balaban J connectivity index is 1.53. The highest BCUT2D eigenvalue weighted by atomic mass is 32.2. The number of hydrogen-bond donors (Lipinski definition) is 2. The van der Waals surface area contributed by atoms with Crippen LogP contribution in [0.15, 0.2) is 30.3 Å². The van der Waals surface area contributed by atoms with Crippen LogP contribution in [0.3, 0.4) is 0 Å². The zero-order valence-electron chi connectivity index (χ0n) is 15.2. The van der Waals surface area contributed by atoms with Crippen LogP contribution >= 0.6 is 11.3 Å². The fourth-order valence-corrected chi connectivity index (χ4v) is 5.61. The first-order valence-electron chi connectivity index (χ1n) is 9.05. The highest BCUT2D eigenvalue weighted by Crippen LogP contribution is 2.34. The predicted octanol–water partition coefficient (Wildman–Crippen LogP) is 3.64. The number of rotatable bonds is 4. The Hall–Kier alpha value is -2.10. The van der Waals surface area contributed by atoms with Crippen molar-refractivity contribution in [3.8, 4) is 0 Å². The number of nitrogens with zero attached hydrogens (tertiary/aromatic N) is 1. The summed E-state index contributed by atoms with van der Waals surface area (Å²) in [5.74, 6) is -0.695. The number of anilines is 1. The zero-order chi connectivity index (χ0) is 19.9. The van der Waals surface area contributed by atoms with Crippen molar-refractivity contribution in [2.24, 2.45) is 5.92 Å². The molecule has 4 rings (SSSR count). The predicted molar refractivity (Wildman–Crippen MR) is 109 cm³/mol. The van der Waals surface area contributed by atoms with E-state index in [1.807, 2.05) is 12.1 Å². The van der Waals surface area contributed by atoms with Crippen LogP contribution < -0.4 is 10.0 Å². The number of nitrogens with one attached hydrogen (secondary N) is 2. The third-order valence-electron chi connectivity index (χ3n) is 4.99. The van der Waals surface area contributed by atoms with E-state index in [4.69, 9.17) is 0 Å². The van der Waals surface area contributed by atoms with E-state index in [9.17, 15) is 17.6 Å². The van der Waals surface area contributed by atoms with Gasteiger partial charge in [-0.3, -0.25) is 4.79 Å². The monoisotopic (exact) mass is 421 g/mol. The Bertz CT molecular complexity index is 1160. The van der Waals surface area contributed by atoms with Crippen LogP contribution in [0.5, 0.6) is 0 Å². The van der Waals surface area contributed by atoms with Crippen LogP contribution in [0.2, 0.25) is 0 Å². The molecule has 0 saturated heterocycles. The largest absolute Gasteiger partial charge is 0.302 e. The van der Waals surface area contributed by atoms with Crippen molar-refractivity contribution in [3.05, 3.63) is 36.1 Å². The lowest BCUT2D eigenvalue weighted by Gasteiger charge is -2.28. The zero-order valence-corrected chi connectivity index (χ0v) is 16.9. The standard InChI is InChI=1S/C19H20FN3O3S2/c1-28(25,26)23-14-4-2-3-12(10-14)18(24)22-19-21-16-8-5-11-9-13(20)6-7-15(11)17(16)27-19/h5-9,12,14,23H,2-4,10H2,1H3,(H,21,22,24). The molecule has 0 bridgehead atoms. The topological polar surface area (TPSA) is 88.2 Å². The third-order valence-corrected chi connectivity index (χ3v) is 6.77. The SMILES string of the molecule is CS(=O)(=O)NC1CCCC(C(=O)Nc2nc3ccc4cc(F)ccc4c3s2)C1. The molecule has 2 unspecified atom stereocenters. The summed E-state index contributed by atoms with van der Waals surface area (Å²) in [5, 5.41) is 5.06. The average molecular weight is 422 g/mol. The second-order valence-corrected chi connectivity index (χ2v) is 10.0. The van der Waals surface area contributed by atoms with Crippen molar-refractivity contribution >= 4 is 53.4 Å². The Kier molecular flexibility index (Phi) is 5.07. The van der Waals surface area contributed by atoms with Gasteiger partial charge in [0.15, 0.2) is 5.13 Å². The van der Waals surface area contributed by atoms with Crippen LogP contribution in [-0.4, -0.2) is 31.6 Å². The van der Waals surface area contributed by atoms with Crippen molar-refractivity contribution < 1.29 is 17.6 Å². The smallest absolute Gasteiger partial charge is 0.229 e. The number of hydrogen-bond acceptors (Lipinski definition) is 5. The van der Waals surface area contributed by atoms with Gasteiger partial charge in [0.2, 0.25) is 15.9 Å². The quantitative estimate of drug-likeness (QED) is 0.673. The van der Waals surface area contributed by atoms with Crippen LogP contribution in [0.25, 0.3) is 21.0 Å². The first kappa shape index (κ1) is 19.2. The number of amides is 1. The van der Waals surface area contributed by atoms with Crippen molar-refractivity contribution in [3.63, 3.8) is 0 Å². The first-order chi connectivity index (χ1) is 13.3. The molecule has 1 aliphatic rings. The molecule has 9 heteroatoms. The van der Waals surface area contributed by atoms with E-state index in [0.29, 0.717) is 11.6 Å². The van der Waals surface area contributed by atoms with E-state index in [2.05, 4.69) is 15.0 Å². The molecule has 1 amide bonds.